The van der Waals surface area contributed by atoms with Gasteiger partial charge in [0.2, 0.25) is 11.8 Å². The number of carbonyl (C=O) groups is 2. The zero-order chi connectivity index (χ0) is 19.1. The van der Waals surface area contributed by atoms with Gasteiger partial charge >= 0.3 is 0 Å². The van der Waals surface area contributed by atoms with Crippen molar-refractivity contribution in [3.63, 3.8) is 0 Å². The second-order valence-electron chi connectivity index (χ2n) is 8.08. The molecule has 8 nitrogen and oxygen atoms in total. The topological polar surface area (TPSA) is 91.9 Å². The molecule has 0 radical (unpaired) electrons. The number of rotatable bonds is 3. The minimum Gasteiger partial charge on any atom is -0.486 e. The Morgan fingerprint density at radius 1 is 1.11 bits per heavy atom. The average molecular weight is 386 g/mol. The van der Waals surface area contributed by atoms with Crippen LogP contribution in [-0.4, -0.2) is 48.7 Å². The van der Waals surface area contributed by atoms with Gasteiger partial charge in [-0.3, -0.25) is 15.0 Å². The van der Waals surface area contributed by atoms with E-state index in [1.165, 1.54) is 12.8 Å². The van der Waals surface area contributed by atoms with Gasteiger partial charge in [0, 0.05) is 36.7 Å². The van der Waals surface area contributed by atoms with E-state index in [1.54, 1.807) is 18.2 Å². The summed E-state index contributed by atoms with van der Waals surface area (Å²) in [5.41, 5.74) is 7.32. The molecule has 2 saturated heterocycles. The third-order valence-corrected chi connectivity index (χ3v) is 6.32. The largest absolute Gasteiger partial charge is 0.486 e. The van der Waals surface area contributed by atoms with E-state index in [4.69, 9.17) is 9.47 Å². The average Bonchev–Trinajstić information content (AvgIpc) is 3.31. The predicted octanol–water partition coefficient (Wildman–Crippen LogP) is 1.24. The summed E-state index contributed by atoms with van der Waals surface area (Å²) in [6, 6.07) is 5.80. The number of nitrogens with zero attached hydrogens (tertiary/aromatic N) is 1. The summed E-state index contributed by atoms with van der Waals surface area (Å²) < 4.78 is 11.1. The maximum atomic E-state index is 12.8. The van der Waals surface area contributed by atoms with Gasteiger partial charge in [-0.15, -0.1) is 0 Å². The van der Waals surface area contributed by atoms with E-state index in [-0.39, 0.29) is 30.3 Å². The monoisotopic (exact) mass is 386 g/mol. The number of carbonyl (C=O) groups excluding carboxylic acids is 2. The van der Waals surface area contributed by atoms with E-state index in [2.05, 4.69) is 16.2 Å². The molecule has 0 spiro atoms. The highest BCUT2D eigenvalue weighted by molar-refractivity contribution is 5.97. The first-order valence-corrected chi connectivity index (χ1v) is 10.2. The molecule has 1 aromatic rings. The Balaban J connectivity index is 1.24. The van der Waals surface area contributed by atoms with Crippen molar-refractivity contribution < 1.29 is 19.1 Å². The molecule has 3 aliphatic heterocycles. The summed E-state index contributed by atoms with van der Waals surface area (Å²) in [7, 11) is 0. The molecule has 0 aromatic heterocycles. The van der Waals surface area contributed by atoms with Crippen LogP contribution in [0.4, 0.5) is 5.69 Å². The highest BCUT2D eigenvalue weighted by atomic mass is 16.6. The normalized spacial score (nSPS) is 31.6. The lowest BCUT2D eigenvalue weighted by Gasteiger charge is -2.32. The zero-order valence-corrected chi connectivity index (χ0v) is 15.8. The van der Waals surface area contributed by atoms with Crippen molar-refractivity contribution >= 4 is 17.5 Å². The first-order valence-electron chi connectivity index (χ1n) is 10.2. The van der Waals surface area contributed by atoms with Crippen LogP contribution in [0.25, 0.3) is 0 Å². The Hall–Kier alpha value is -2.32. The van der Waals surface area contributed by atoms with E-state index in [1.807, 2.05) is 4.90 Å². The first kappa shape index (κ1) is 17.8. The van der Waals surface area contributed by atoms with Crippen LogP contribution in [0.15, 0.2) is 18.2 Å². The Kier molecular flexibility index (Phi) is 4.60. The van der Waals surface area contributed by atoms with Gasteiger partial charge in [0.25, 0.3) is 0 Å². The Labute approximate surface area is 163 Å². The molecule has 4 atom stereocenters. The predicted molar refractivity (Wildman–Crippen MR) is 102 cm³/mol. The molecule has 1 aromatic carbocycles. The van der Waals surface area contributed by atoms with E-state index >= 15 is 0 Å². The Bertz CT molecular complexity index is 785. The SMILES string of the molecule is O=C(Nc1ccc2c(c1)OCCO2)C1CC(=O)N(C2NNC3CCCCC32)C1. The minimum atomic E-state index is -0.342. The molecule has 4 aliphatic rings. The molecule has 8 heteroatoms. The van der Waals surface area contributed by atoms with Crippen molar-refractivity contribution in [2.45, 2.75) is 44.3 Å². The fourth-order valence-corrected chi connectivity index (χ4v) is 4.87. The number of hydrogen-bond donors (Lipinski definition) is 3. The molecule has 2 amide bonds. The third kappa shape index (κ3) is 3.20. The Morgan fingerprint density at radius 2 is 1.93 bits per heavy atom. The Morgan fingerprint density at radius 3 is 2.82 bits per heavy atom. The number of hydrogen-bond acceptors (Lipinski definition) is 6. The molecule has 4 unspecified atom stereocenters. The van der Waals surface area contributed by atoms with Crippen LogP contribution in [0, 0.1) is 11.8 Å². The van der Waals surface area contributed by atoms with Crippen molar-refractivity contribution in [3.8, 4) is 11.5 Å². The summed E-state index contributed by atoms with van der Waals surface area (Å²) in [6.07, 6.45) is 4.95. The van der Waals surface area contributed by atoms with Crippen LogP contribution in [-0.2, 0) is 9.59 Å². The molecule has 3 N–H and O–H groups in total. The molecule has 1 saturated carbocycles. The molecule has 150 valence electrons. The third-order valence-electron chi connectivity index (χ3n) is 6.32. The molecule has 3 fully saturated rings. The van der Waals surface area contributed by atoms with E-state index in [0.29, 0.717) is 48.9 Å². The van der Waals surface area contributed by atoms with E-state index in [0.717, 1.165) is 12.8 Å². The second kappa shape index (κ2) is 7.25. The van der Waals surface area contributed by atoms with Crippen LogP contribution in [0.3, 0.4) is 0 Å². The van der Waals surface area contributed by atoms with Crippen LogP contribution < -0.4 is 25.6 Å². The number of likely N-dealkylation sites (tertiary alicyclic amines) is 1. The lowest BCUT2D eigenvalue weighted by Crippen LogP contribution is -2.48. The minimum absolute atomic E-state index is 0.00936. The summed E-state index contributed by atoms with van der Waals surface area (Å²) in [6.45, 7) is 1.49. The number of hydrazine groups is 1. The highest BCUT2D eigenvalue weighted by Gasteiger charge is 2.46. The smallest absolute Gasteiger partial charge is 0.229 e. The second-order valence-corrected chi connectivity index (χ2v) is 8.08. The molecular formula is C20H26N4O4. The van der Waals surface area contributed by atoms with Crippen LogP contribution in [0.2, 0.25) is 0 Å². The highest BCUT2D eigenvalue weighted by Crippen LogP contribution is 2.35. The molecular weight excluding hydrogens is 360 g/mol. The molecule has 0 bridgehead atoms. The first-order chi connectivity index (χ1) is 13.7. The number of fused-ring (bicyclic) bond motifs is 2. The van der Waals surface area contributed by atoms with Gasteiger partial charge in [-0.05, 0) is 25.0 Å². The maximum Gasteiger partial charge on any atom is 0.229 e. The molecule has 3 heterocycles. The van der Waals surface area contributed by atoms with Crippen LogP contribution in [0.5, 0.6) is 11.5 Å². The number of amides is 2. The van der Waals surface area contributed by atoms with Gasteiger partial charge in [0.1, 0.15) is 13.2 Å². The molecule has 5 rings (SSSR count). The van der Waals surface area contributed by atoms with Crippen molar-refractivity contribution in [1.29, 1.82) is 0 Å². The number of benzene rings is 1. The van der Waals surface area contributed by atoms with Crippen molar-refractivity contribution in [2.75, 3.05) is 25.1 Å². The molecule has 1 aliphatic carbocycles. The van der Waals surface area contributed by atoms with Gasteiger partial charge in [0.05, 0.1) is 12.1 Å². The van der Waals surface area contributed by atoms with Crippen LogP contribution >= 0.6 is 0 Å². The van der Waals surface area contributed by atoms with Gasteiger partial charge in [-0.25, -0.2) is 5.43 Å². The fourth-order valence-electron chi connectivity index (χ4n) is 4.87. The van der Waals surface area contributed by atoms with Crippen molar-refractivity contribution in [3.05, 3.63) is 18.2 Å². The van der Waals surface area contributed by atoms with E-state index < -0.39 is 0 Å². The van der Waals surface area contributed by atoms with Crippen molar-refractivity contribution in [2.24, 2.45) is 11.8 Å². The number of nitrogens with one attached hydrogen (secondary N) is 3. The summed E-state index contributed by atoms with van der Waals surface area (Å²) >= 11 is 0. The lowest BCUT2D eigenvalue weighted by atomic mass is 9.84. The standard InChI is InChI=1S/C20H26N4O4/c25-18-9-12(11-24(18)19-14-3-1-2-4-15(14)22-23-19)20(26)21-13-5-6-16-17(10-13)28-8-7-27-16/h5-6,10,12,14-15,19,22-23H,1-4,7-9,11H2,(H,21,26). The summed E-state index contributed by atoms with van der Waals surface area (Å²) in [5, 5.41) is 2.93. The van der Waals surface area contributed by atoms with E-state index in [9.17, 15) is 9.59 Å². The summed E-state index contributed by atoms with van der Waals surface area (Å²) in [5.74, 6) is 1.33. The number of anilines is 1. The fraction of sp³-hybridized carbons (Fsp3) is 0.600. The van der Waals surface area contributed by atoms with Gasteiger partial charge < -0.3 is 19.7 Å². The van der Waals surface area contributed by atoms with Gasteiger partial charge in [-0.2, -0.15) is 0 Å². The summed E-state index contributed by atoms with van der Waals surface area (Å²) in [4.78, 5) is 27.3. The van der Waals surface area contributed by atoms with Gasteiger partial charge in [0.15, 0.2) is 11.5 Å². The number of ether oxygens (including phenoxy) is 2. The van der Waals surface area contributed by atoms with Crippen LogP contribution in [0.1, 0.15) is 32.1 Å². The maximum absolute atomic E-state index is 12.8. The molecule has 28 heavy (non-hydrogen) atoms. The van der Waals surface area contributed by atoms with Gasteiger partial charge in [-0.1, -0.05) is 12.8 Å². The lowest BCUT2D eigenvalue weighted by molar-refractivity contribution is -0.131. The van der Waals surface area contributed by atoms with Crippen molar-refractivity contribution in [1.82, 2.24) is 15.8 Å². The zero-order valence-electron chi connectivity index (χ0n) is 15.8. The quantitative estimate of drug-likeness (QED) is 0.724.